The number of nitrogens with zero attached hydrogens (tertiary/aromatic N) is 5. The summed E-state index contributed by atoms with van der Waals surface area (Å²) in [6.45, 7) is 1.80. The van der Waals surface area contributed by atoms with E-state index in [0.29, 0.717) is 5.82 Å². The Morgan fingerprint density at radius 3 is 2.57 bits per heavy atom. The van der Waals surface area contributed by atoms with Gasteiger partial charge in [0.1, 0.15) is 0 Å². The predicted molar refractivity (Wildman–Crippen MR) is 71.7 cm³/mol. The summed E-state index contributed by atoms with van der Waals surface area (Å²) in [4.78, 5) is 1.65. The molecule has 5 nitrogen and oxygen atoms in total. The first-order chi connectivity index (χ1) is 9.88. The molecule has 0 aliphatic heterocycles. The van der Waals surface area contributed by atoms with Gasteiger partial charge >= 0.3 is 6.18 Å². The molecular formula is C13H22F3N5. The van der Waals surface area contributed by atoms with E-state index in [0.717, 1.165) is 25.7 Å². The number of hydrogen-bond donors (Lipinski definition) is 0. The maximum atomic E-state index is 12.3. The van der Waals surface area contributed by atoms with Crippen molar-refractivity contribution in [1.29, 1.82) is 0 Å². The molecule has 0 N–H and O–H groups in total. The minimum atomic E-state index is -4.14. The molecule has 0 saturated heterocycles. The van der Waals surface area contributed by atoms with Crippen LogP contribution in [0.3, 0.4) is 0 Å². The molecule has 0 spiro atoms. The van der Waals surface area contributed by atoms with Crippen LogP contribution in [0.25, 0.3) is 0 Å². The molecular weight excluding hydrogens is 283 g/mol. The van der Waals surface area contributed by atoms with Crippen LogP contribution in [0.2, 0.25) is 0 Å². The summed E-state index contributed by atoms with van der Waals surface area (Å²) in [5, 5.41) is 11.8. The Labute approximate surface area is 122 Å². The van der Waals surface area contributed by atoms with E-state index in [2.05, 4.69) is 15.5 Å². The topological polar surface area (TPSA) is 46.8 Å². The highest BCUT2D eigenvalue weighted by Gasteiger charge is 2.30. The molecule has 1 fully saturated rings. The summed E-state index contributed by atoms with van der Waals surface area (Å²) in [6, 6.07) is 0.0477. The minimum absolute atomic E-state index is 0.0534. The summed E-state index contributed by atoms with van der Waals surface area (Å²) >= 11 is 0. The monoisotopic (exact) mass is 305 g/mol. The first-order valence-corrected chi connectivity index (χ1v) is 7.43. The SMILES string of the molecule is C[C@@H](c1nnnn1C1CCCCC1)N(C)CCC(F)(F)F. The van der Waals surface area contributed by atoms with Gasteiger partial charge in [-0.15, -0.1) is 5.10 Å². The second-order valence-electron chi connectivity index (χ2n) is 5.80. The van der Waals surface area contributed by atoms with Crippen LogP contribution in [0, 0.1) is 0 Å². The zero-order valence-electron chi connectivity index (χ0n) is 12.5. The number of aromatic nitrogens is 4. The molecule has 2 rings (SSSR count). The maximum absolute atomic E-state index is 12.3. The highest BCUT2D eigenvalue weighted by molar-refractivity contribution is 4.93. The van der Waals surface area contributed by atoms with Crippen LogP contribution in [0.15, 0.2) is 0 Å². The van der Waals surface area contributed by atoms with Gasteiger partial charge in [0.25, 0.3) is 0 Å². The molecule has 0 amide bonds. The Morgan fingerprint density at radius 1 is 1.29 bits per heavy atom. The summed E-state index contributed by atoms with van der Waals surface area (Å²) in [6.07, 6.45) is 0.662. The predicted octanol–water partition coefficient (Wildman–Crippen LogP) is 3.12. The summed E-state index contributed by atoms with van der Waals surface area (Å²) in [5.74, 6) is 0.659. The molecule has 0 radical (unpaired) electrons. The van der Waals surface area contributed by atoms with Gasteiger partial charge in [-0.2, -0.15) is 13.2 Å². The van der Waals surface area contributed by atoms with Crippen LogP contribution in [0.1, 0.15) is 63.4 Å². The zero-order valence-corrected chi connectivity index (χ0v) is 12.5. The van der Waals surface area contributed by atoms with Gasteiger partial charge in [0.05, 0.1) is 18.5 Å². The lowest BCUT2D eigenvalue weighted by atomic mass is 9.95. The van der Waals surface area contributed by atoms with Crippen molar-refractivity contribution in [2.75, 3.05) is 13.6 Å². The Hall–Kier alpha value is -1.18. The molecule has 1 aromatic rings. The van der Waals surface area contributed by atoms with Crippen LogP contribution in [0.5, 0.6) is 0 Å². The lowest BCUT2D eigenvalue weighted by Gasteiger charge is -2.27. The first kappa shape index (κ1) is 16.2. The van der Waals surface area contributed by atoms with Gasteiger partial charge in [-0.3, -0.25) is 4.90 Å². The number of tetrazole rings is 1. The standard InChI is InChI=1S/C13H22F3N5/c1-10(20(2)9-8-13(14,15)16)12-17-18-19-21(12)11-6-4-3-5-7-11/h10-11H,3-9H2,1-2H3/t10-/m0/s1. The Morgan fingerprint density at radius 2 is 1.95 bits per heavy atom. The third-order valence-corrected chi connectivity index (χ3v) is 4.22. The van der Waals surface area contributed by atoms with E-state index in [9.17, 15) is 13.2 Å². The smallest absolute Gasteiger partial charge is 0.296 e. The molecule has 8 heteroatoms. The third kappa shape index (κ3) is 4.39. The van der Waals surface area contributed by atoms with Crippen LogP contribution in [0.4, 0.5) is 13.2 Å². The fraction of sp³-hybridized carbons (Fsp3) is 0.923. The highest BCUT2D eigenvalue weighted by atomic mass is 19.4. The molecule has 1 aliphatic carbocycles. The van der Waals surface area contributed by atoms with Crippen molar-refractivity contribution >= 4 is 0 Å². The lowest BCUT2D eigenvalue weighted by molar-refractivity contribution is -0.138. The van der Waals surface area contributed by atoms with E-state index >= 15 is 0 Å². The molecule has 1 aliphatic rings. The molecule has 120 valence electrons. The van der Waals surface area contributed by atoms with Crippen molar-refractivity contribution in [2.45, 2.75) is 63.7 Å². The van der Waals surface area contributed by atoms with Crippen LogP contribution >= 0.6 is 0 Å². The molecule has 0 unspecified atom stereocenters. The van der Waals surface area contributed by atoms with Gasteiger partial charge < -0.3 is 0 Å². The maximum Gasteiger partial charge on any atom is 0.390 e. The van der Waals surface area contributed by atoms with E-state index in [1.807, 2.05) is 11.6 Å². The normalized spacial score (nSPS) is 19.1. The van der Waals surface area contributed by atoms with Crippen molar-refractivity contribution in [3.05, 3.63) is 5.82 Å². The second-order valence-corrected chi connectivity index (χ2v) is 5.80. The van der Waals surface area contributed by atoms with E-state index < -0.39 is 12.6 Å². The first-order valence-electron chi connectivity index (χ1n) is 7.43. The summed E-state index contributed by atoms with van der Waals surface area (Å²) < 4.78 is 38.8. The molecule has 1 heterocycles. The van der Waals surface area contributed by atoms with Gasteiger partial charge in [0.15, 0.2) is 5.82 Å². The van der Waals surface area contributed by atoms with Crippen molar-refractivity contribution in [1.82, 2.24) is 25.1 Å². The highest BCUT2D eigenvalue weighted by Crippen LogP contribution is 2.30. The Kier molecular flexibility index (Phi) is 5.18. The van der Waals surface area contributed by atoms with Crippen molar-refractivity contribution in [3.8, 4) is 0 Å². The zero-order chi connectivity index (χ0) is 15.5. The Balaban J connectivity index is 2.02. The largest absolute Gasteiger partial charge is 0.390 e. The van der Waals surface area contributed by atoms with Gasteiger partial charge in [-0.05, 0) is 37.2 Å². The van der Waals surface area contributed by atoms with Gasteiger partial charge in [-0.1, -0.05) is 19.3 Å². The van der Waals surface area contributed by atoms with Crippen LogP contribution in [-0.2, 0) is 0 Å². The molecule has 1 aromatic heterocycles. The van der Waals surface area contributed by atoms with Crippen LogP contribution in [-0.4, -0.2) is 44.9 Å². The third-order valence-electron chi connectivity index (χ3n) is 4.22. The fourth-order valence-electron chi connectivity index (χ4n) is 2.76. The van der Waals surface area contributed by atoms with Crippen LogP contribution < -0.4 is 0 Å². The van der Waals surface area contributed by atoms with Crippen molar-refractivity contribution < 1.29 is 13.2 Å². The number of rotatable bonds is 5. The lowest BCUT2D eigenvalue weighted by Crippen LogP contribution is -2.30. The van der Waals surface area contributed by atoms with E-state index in [4.69, 9.17) is 0 Å². The molecule has 0 bridgehead atoms. The number of alkyl halides is 3. The average molecular weight is 305 g/mol. The minimum Gasteiger partial charge on any atom is -0.296 e. The fourth-order valence-corrected chi connectivity index (χ4v) is 2.76. The summed E-state index contributed by atoms with van der Waals surface area (Å²) in [7, 11) is 1.68. The number of halogens is 3. The second kappa shape index (κ2) is 6.72. The Bertz CT molecular complexity index is 439. The number of hydrogen-bond acceptors (Lipinski definition) is 4. The average Bonchev–Trinajstić information content (AvgIpc) is 2.93. The van der Waals surface area contributed by atoms with Gasteiger partial charge in [-0.25, -0.2) is 4.68 Å². The van der Waals surface area contributed by atoms with Crippen molar-refractivity contribution in [3.63, 3.8) is 0 Å². The molecule has 1 saturated carbocycles. The molecule has 0 aromatic carbocycles. The van der Waals surface area contributed by atoms with Crippen molar-refractivity contribution in [2.24, 2.45) is 0 Å². The molecule has 21 heavy (non-hydrogen) atoms. The van der Waals surface area contributed by atoms with E-state index in [1.165, 1.54) is 6.42 Å². The quantitative estimate of drug-likeness (QED) is 0.838. The summed E-state index contributed by atoms with van der Waals surface area (Å²) in [5.41, 5.74) is 0. The van der Waals surface area contributed by atoms with Gasteiger partial charge in [0, 0.05) is 6.54 Å². The molecule has 1 atom stereocenters. The van der Waals surface area contributed by atoms with E-state index in [-0.39, 0.29) is 18.6 Å². The van der Waals surface area contributed by atoms with E-state index in [1.54, 1.807) is 11.9 Å². The van der Waals surface area contributed by atoms with Gasteiger partial charge in [0.2, 0.25) is 0 Å².